The maximum atomic E-state index is 11.1. The number of ether oxygens (including phenoxy) is 1. The first-order valence-corrected chi connectivity index (χ1v) is 5.09. The molecule has 3 heteroatoms. The monoisotopic (exact) mass is 183 g/mol. The molecule has 0 spiro atoms. The van der Waals surface area contributed by atoms with Gasteiger partial charge in [0.05, 0.1) is 0 Å². The Morgan fingerprint density at radius 2 is 2.38 bits per heavy atom. The van der Waals surface area contributed by atoms with E-state index in [1.807, 2.05) is 0 Å². The van der Waals surface area contributed by atoms with E-state index in [0.717, 1.165) is 26.0 Å². The lowest BCUT2D eigenvalue weighted by atomic mass is 10.1. The topological polar surface area (TPSA) is 38.3 Å². The standard InChI is InChI=1S/C10H17NO2/c1-10(3-4-10)5-7-13-8-2-6-11-9(8)12/h8H,2-7H2,1H3,(H,11,12). The van der Waals surface area contributed by atoms with Crippen molar-refractivity contribution in [3.8, 4) is 0 Å². The molecule has 1 atom stereocenters. The molecule has 0 bridgehead atoms. The summed E-state index contributed by atoms with van der Waals surface area (Å²) in [7, 11) is 0. The second kappa shape index (κ2) is 3.29. The second-order valence-electron chi connectivity index (χ2n) is 4.50. The summed E-state index contributed by atoms with van der Waals surface area (Å²) >= 11 is 0. The number of nitrogens with one attached hydrogen (secondary N) is 1. The van der Waals surface area contributed by atoms with E-state index < -0.39 is 0 Å². The van der Waals surface area contributed by atoms with Crippen molar-refractivity contribution in [2.24, 2.45) is 5.41 Å². The van der Waals surface area contributed by atoms with Gasteiger partial charge < -0.3 is 10.1 Å². The Hall–Kier alpha value is -0.570. The summed E-state index contributed by atoms with van der Waals surface area (Å²) in [5.41, 5.74) is 0.537. The van der Waals surface area contributed by atoms with Gasteiger partial charge in [0.15, 0.2) is 0 Å². The van der Waals surface area contributed by atoms with Crippen LogP contribution in [0, 0.1) is 5.41 Å². The highest BCUT2D eigenvalue weighted by Crippen LogP contribution is 2.47. The Bertz CT molecular complexity index is 211. The van der Waals surface area contributed by atoms with Crippen molar-refractivity contribution < 1.29 is 9.53 Å². The van der Waals surface area contributed by atoms with Crippen molar-refractivity contribution in [3.63, 3.8) is 0 Å². The van der Waals surface area contributed by atoms with Crippen LogP contribution in [-0.4, -0.2) is 25.2 Å². The first-order chi connectivity index (χ1) is 6.20. The zero-order valence-electron chi connectivity index (χ0n) is 8.14. The minimum atomic E-state index is -0.164. The van der Waals surface area contributed by atoms with E-state index in [4.69, 9.17) is 4.74 Å². The summed E-state index contributed by atoms with van der Waals surface area (Å²) < 4.78 is 5.52. The van der Waals surface area contributed by atoms with Gasteiger partial charge in [-0.05, 0) is 31.1 Å². The van der Waals surface area contributed by atoms with Gasteiger partial charge in [-0.15, -0.1) is 0 Å². The summed E-state index contributed by atoms with van der Waals surface area (Å²) in [5, 5.41) is 2.77. The molecule has 0 aromatic carbocycles. The summed E-state index contributed by atoms with van der Waals surface area (Å²) in [6, 6.07) is 0. The average molecular weight is 183 g/mol. The molecule has 1 unspecified atom stereocenters. The van der Waals surface area contributed by atoms with E-state index in [1.165, 1.54) is 12.8 Å². The third-order valence-electron chi connectivity index (χ3n) is 3.13. The van der Waals surface area contributed by atoms with Crippen LogP contribution in [0.5, 0.6) is 0 Å². The van der Waals surface area contributed by atoms with Gasteiger partial charge in [0.1, 0.15) is 6.10 Å². The number of rotatable bonds is 4. The number of amides is 1. The van der Waals surface area contributed by atoms with Gasteiger partial charge in [-0.1, -0.05) is 6.92 Å². The number of carbonyl (C=O) groups excluding carboxylic acids is 1. The highest BCUT2D eigenvalue weighted by atomic mass is 16.5. The molecule has 74 valence electrons. The molecule has 1 amide bonds. The molecule has 1 saturated heterocycles. The van der Waals surface area contributed by atoms with Gasteiger partial charge in [0.25, 0.3) is 0 Å². The third-order valence-corrected chi connectivity index (χ3v) is 3.13. The Morgan fingerprint density at radius 1 is 1.62 bits per heavy atom. The van der Waals surface area contributed by atoms with Gasteiger partial charge in [-0.2, -0.15) is 0 Å². The lowest BCUT2D eigenvalue weighted by Gasteiger charge is -2.11. The Balaban J connectivity index is 1.64. The van der Waals surface area contributed by atoms with E-state index in [9.17, 15) is 4.79 Å². The zero-order chi connectivity index (χ0) is 9.31. The van der Waals surface area contributed by atoms with Gasteiger partial charge in [0, 0.05) is 13.2 Å². The van der Waals surface area contributed by atoms with Crippen LogP contribution in [0.3, 0.4) is 0 Å². The molecule has 3 nitrogen and oxygen atoms in total. The van der Waals surface area contributed by atoms with Crippen molar-refractivity contribution >= 4 is 5.91 Å². The second-order valence-corrected chi connectivity index (χ2v) is 4.50. The minimum absolute atomic E-state index is 0.0703. The van der Waals surface area contributed by atoms with Crippen LogP contribution >= 0.6 is 0 Å². The molecular weight excluding hydrogens is 166 g/mol. The summed E-state index contributed by atoms with van der Waals surface area (Å²) in [6.07, 6.45) is 4.44. The largest absolute Gasteiger partial charge is 0.368 e. The van der Waals surface area contributed by atoms with Crippen LogP contribution in [0.4, 0.5) is 0 Å². The third kappa shape index (κ3) is 2.21. The van der Waals surface area contributed by atoms with Crippen LogP contribution in [-0.2, 0) is 9.53 Å². The van der Waals surface area contributed by atoms with Crippen molar-refractivity contribution in [3.05, 3.63) is 0 Å². The maximum Gasteiger partial charge on any atom is 0.249 e. The maximum absolute atomic E-state index is 11.1. The molecule has 1 saturated carbocycles. The quantitative estimate of drug-likeness (QED) is 0.708. The van der Waals surface area contributed by atoms with E-state index in [2.05, 4.69) is 12.2 Å². The minimum Gasteiger partial charge on any atom is -0.368 e. The molecule has 0 aromatic heterocycles. The molecule has 2 aliphatic rings. The predicted molar refractivity (Wildman–Crippen MR) is 49.3 cm³/mol. The van der Waals surface area contributed by atoms with Gasteiger partial charge in [-0.3, -0.25) is 4.79 Å². The molecule has 0 aromatic rings. The van der Waals surface area contributed by atoms with Crippen molar-refractivity contribution in [1.29, 1.82) is 0 Å². The van der Waals surface area contributed by atoms with Crippen LogP contribution in [0.25, 0.3) is 0 Å². The average Bonchev–Trinajstić information content (AvgIpc) is 2.68. The lowest BCUT2D eigenvalue weighted by Crippen LogP contribution is -2.26. The molecule has 1 N–H and O–H groups in total. The Morgan fingerprint density at radius 3 is 2.92 bits per heavy atom. The van der Waals surface area contributed by atoms with E-state index in [0.29, 0.717) is 5.41 Å². The van der Waals surface area contributed by atoms with E-state index in [-0.39, 0.29) is 12.0 Å². The van der Waals surface area contributed by atoms with Crippen molar-refractivity contribution in [1.82, 2.24) is 5.32 Å². The van der Waals surface area contributed by atoms with Crippen molar-refractivity contribution in [2.45, 2.75) is 38.7 Å². The molecule has 0 radical (unpaired) electrons. The fourth-order valence-electron chi connectivity index (χ4n) is 1.64. The van der Waals surface area contributed by atoms with E-state index in [1.54, 1.807) is 0 Å². The molecule has 1 aliphatic heterocycles. The van der Waals surface area contributed by atoms with Crippen LogP contribution in [0.15, 0.2) is 0 Å². The van der Waals surface area contributed by atoms with Gasteiger partial charge in [-0.25, -0.2) is 0 Å². The molecular formula is C10H17NO2. The first kappa shape index (κ1) is 9.00. The van der Waals surface area contributed by atoms with Crippen molar-refractivity contribution in [2.75, 3.05) is 13.2 Å². The smallest absolute Gasteiger partial charge is 0.249 e. The van der Waals surface area contributed by atoms with Crippen LogP contribution in [0.1, 0.15) is 32.6 Å². The Kier molecular flexibility index (Phi) is 2.28. The molecule has 1 heterocycles. The lowest BCUT2D eigenvalue weighted by molar-refractivity contribution is -0.129. The molecule has 13 heavy (non-hydrogen) atoms. The number of hydrogen-bond acceptors (Lipinski definition) is 2. The van der Waals surface area contributed by atoms with E-state index >= 15 is 0 Å². The van der Waals surface area contributed by atoms with Gasteiger partial charge in [0.2, 0.25) is 5.91 Å². The normalized spacial score (nSPS) is 30.2. The SMILES string of the molecule is CC1(CCOC2CCNC2=O)CC1. The predicted octanol–water partition coefficient (Wildman–Crippen LogP) is 1.08. The van der Waals surface area contributed by atoms with Crippen LogP contribution in [0.2, 0.25) is 0 Å². The summed E-state index contributed by atoms with van der Waals surface area (Å²) in [4.78, 5) is 11.1. The zero-order valence-corrected chi connectivity index (χ0v) is 8.14. The first-order valence-electron chi connectivity index (χ1n) is 5.09. The summed E-state index contributed by atoms with van der Waals surface area (Å²) in [5.74, 6) is 0.0703. The highest BCUT2D eigenvalue weighted by molar-refractivity contribution is 5.82. The fraction of sp³-hybridized carbons (Fsp3) is 0.900. The molecule has 2 fully saturated rings. The van der Waals surface area contributed by atoms with Gasteiger partial charge >= 0.3 is 0 Å². The Labute approximate surface area is 78.8 Å². The van der Waals surface area contributed by atoms with Crippen LogP contribution < -0.4 is 5.32 Å². The number of carbonyl (C=O) groups is 1. The number of hydrogen-bond donors (Lipinski definition) is 1. The molecule has 1 aliphatic carbocycles. The summed E-state index contributed by atoms with van der Waals surface area (Å²) in [6.45, 7) is 3.81. The molecule has 2 rings (SSSR count). The highest BCUT2D eigenvalue weighted by Gasteiger charge is 2.37. The fourth-order valence-corrected chi connectivity index (χ4v) is 1.64.